The summed E-state index contributed by atoms with van der Waals surface area (Å²) in [6.45, 7) is 2.37. The molecule has 1 N–H and O–H groups in total. The molecular formula is C26H27NO5. The molecular weight excluding hydrogens is 406 g/mol. The number of ether oxygens (including phenoxy) is 2. The Labute approximate surface area is 188 Å². The summed E-state index contributed by atoms with van der Waals surface area (Å²) in [5.74, 6) is -0.520. The van der Waals surface area contributed by atoms with Gasteiger partial charge in [0.2, 0.25) is 5.60 Å². The van der Waals surface area contributed by atoms with Gasteiger partial charge in [0, 0.05) is 13.6 Å². The summed E-state index contributed by atoms with van der Waals surface area (Å²) in [6, 6.07) is 24.5. The Hall–Kier alpha value is -3.64. The van der Waals surface area contributed by atoms with E-state index in [1.54, 1.807) is 67.7 Å². The highest BCUT2D eigenvalue weighted by atomic mass is 16.6. The van der Waals surface area contributed by atoms with Crippen LogP contribution in [0.4, 0.5) is 0 Å². The van der Waals surface area contributed by atoms with Gasteiger partial charge in [0.1, 0.15) is 5.75 Å². The lowest BCUT2D eigenvalue weighted by atomic mass is 9.86. The molecule has 32 heavy (non-hydrogen) atoms. The number of carbonyl (C=O) groups is 2. The molecule has 0 spiro atoms. The van der Waals surface area contributed by atoms with Crippen LogP contribution in [0, 0.1) is 0 Å². The highest BCUT2D eigenvalue weighted by Crippen LogP contribution is 2.31. The van der Waals surface area contributed by atoms with Crippen molar-refractivity contribution in [3.05, 3.63) is 102 Å². The van der Waals surface area contributed by atoms with Crippen LogP contribution in [-0.4, -0.2) is 42.1 Å². The minimum Gasteiger partial charge on any atom is -0.494 e. The fraction of sp³-hybridized carbons (Fsp3) is 0.231. The molecule has 0 saturated carbocycles. The summed E-state index contributed by atoms with van der Waals surface area (Å²) in [5, 5.41) is 11.4. The lowest BCUT2D eigenvalue weighted by Crippen LogP contribution is -2.40. The maximum Gasteiger partial charge on any atom is 0.348 e. The number of likely N-dealkylation sites (N-methyl/N-ethyl adjacent to an activating group) is 1. The number of hydrogen-bond donors (Lipinski definition) is 1. The summed E-state index contributed by atoms with van der Waals surface area (Å²) in [7, 11) is 1.63. The maximum atomic E-state index is 13.0. The van der Waals surface area contributed by atoms with Crippen molar-refractivity contribution in [1.82, 2.24) is 4.90 Å². The van der Waals surface area contributed by atoms with Gasteiger partial charge in [0.15, 0.2) is 6.61 Å². The van der Waals surface area contributed by atoms with Crippen LogP contribution in [-0.2, 0) is 26.5 Å². The molecule has 0 unspecified atom stereocenters. The number of benzene rings is 3. The van der Waals surface area contributed by atoms with Crippen LogP contribution in [0.3, 0.4) is 0 Å². The van der Waals surface area contributed by atoms with Crippen molar-refractivity contribution < 1.29 is 24.2 Å². The van der Waals surface area contributed by atoms with E-state index in [1.165, 1.54) is 4.90 Å². The summed E-state index contributed by atoms with van der Waals surface area (Å²) in [5.41, 5.74) is -0.366. The molecule has 3 aromatic rings. The average Bonchev–Trinajstić information content (AvgIpc) is 2.84. The lowest BCUT2D eigenvalue weighted by molar-refractivity contribution is -0.166. The fourth-order valence-electron chi connectivity index (χ4n) is 3.32. The van der Waals surface area contributed by atoms with Crippen LogP contribution in [0.2, 0.25) is 0 Å². The topological polar surface area (TPSA) is 76.1 Å². The predicted octanol–water partition coefficient (Wildman–Crippen LogP) is 3.52. The van der Waals surface area contributed by atoms with Gasteiger partial charge in [-0.2, -0.15) is 0 Å². The van der Waals surface area contributed by atoms with Crippen molar-refractivity contribution in [3.8, 4) is 5.75 Å². The van der Waals surface area contributed by atoms with Crippen LogP contribution in [0.15, 0.2) is 84.9 Å². The van der Waals surface area contributed by atoms with E-state index >= 15 is 0 Å². The summed E-state index contributed by atoms with van der Waals surface area (Å²) in [4.78, 5) is 27.0. The summed E-state index contributed by atoms with van der Waals surface area (Å²) < 4.78 is 10.7. The van der Waals surface area contributed by atoms with Crippen molar-refractivity contribution in [1.29, 1.82) is 0 Å². The van der Waals surface area contributed by atoms with E-state index in [1.807, 2.05) is 31.2 Å². The number of carbonyl (C=O) groups excluding carboxylic acids is 2. The Bertz CT molecular complexity index is 980. The zero-order valence-electron chi connectivity index (χ0n) is 18.2. The van der Waals surface area contributed by atoms with Gasteiger partial charge in [-0.05, 0) is 35.7 Å². The maximum absolute atomic E-state index is 13.0. The van der Waals surface area contributed by atoms with Crippen LogP contribution in [0.5, 0.6) is 5.75 Å². The summed E-state index contributed by atoms with van der Waals surface area (Å²) >= 11 is 0. The van der Waals surface area contributed by atoms with E-state index in [-0.39, 0.29) is 5.91 Å². The molecule has 6 heteroatoms. The molecule has 0 fully saturated rings. The zero-order chi connectivity index (χ0) is 23.0. The Morgan fingerprint density at radius 3 is 1.91 bits per heavy atom. The molecule has 0 saturated heterocycles. The van der Waals surface area contributed by atoms with Crippen LogP contribution in [0.25, 0.3) is 0 Å². The molecule has 166 valence electrons. The average molecular weight is 434 g/mol. The monoisotopic (exact) mass is 433 g/mol. The quantitative estimate of drug-likeness (QED) is 0.523. The van der Waals surface area contributed by atoms with Crippen molar-refractivity contribution in [2.24, 2.45) is 0 Å². The Balaban J connectivity index is 1.67. The van der Waals surface area contributed by atoms with Gasteiger partial charge in [-0.25, -0.2) is 4.79 Å². The molecule has 0 aliphatic carbocycles. The second-order valence-electron chi connectivity index (χ2n) is 7.35. The summed E-state index contributed by atoms with van der Waals surface area (Å²) in [6.07, 6.45) is 0. The number of hydrogen-bond acceptors (Lipinski definition) is 5. The van der Waals surface area contributed by atoms with E-state index < -0.39 is 18.2 Å². The van der Waals surface area contributed by atoms with E-state index in [2.05, 4.69) is 0 Å². The SMILES string of the molecule is CCOc1ccc(CN(C)C(=O)COC(=O)C(O)(c2ccccc2)c2ccccc2)cc1. The third-order valence-corrected chi connectivity index (χ3v) is 5.09. The van der Waals surface area contributed by atoms with Crippen molar-refractivity contribution >= 4 is 11.9 Å². The normalized spacial score (nSPS) is 11.0. The number of rotatable bonds is 9. The smallest absolute Gasteiger partial charge is 0.348 e. The van der Waals surface area contributed by atoms with Gasteiger partial charge < -0.3 is 19.5 Å². The third kappa shape index (κ3) is 5.34. The van der Waals surface area contributed by atoms with Gasteiger partial charge >= 0.3 is 5.97 Å². The lowest BCUT2D eigenvalue weighted by Gasteiger charge is -2.27. The first-order valence-electron chi connectivity index (χ1n) is 10.4. The number of esters is 1. The van der Waals surface area contributed by atoms with E-state index in [9.17, 15) is 14.7 Å². The Morgan fingerprint density at radius 2 is 1.41 bits per heavy atom. The van der Waals surface area contributed by atoms with Crippen molar-refractivity contribution in [3.63, 3.8) is 0 Å². The fourth-order valence-corrected chi connectivity index (χ4v) is 3.32. The standard InChI is InChI=1S/C26H27NO5/c1-3-31-23-16-14-20(15-17-23)18-27(2)24(28)19-32-25(29)26(30,21-10-6-4-7-11-21)22-12-8-5-9-13-22/h4-17,30H,3,18-19H2,1-2H3. The minimum atomic E-state index is -2.02. The van der Waals surface area contributed by atoms with Crippen LogP contribution in [0.1, 0.15) is 23.6 Å². The largest absolute Gasteiger partial charge is 0.494 e. The molecule has 0 bridgehead atoms. The Kier molecular flexibility index (Phi) is 7.63. The molecule has 0 aliphatic heterocycles. The number of nitrogens with zero attached hydrogens (tertiary/aromatic N) is 1. The zero-order valence-corrected chi connectivity index (χ0v) is 18.2. The van der Waals surface area contributed by atoms with E-state index in [0.29, 0.717) is 24.3 Å². The van der Waals surface area contributed by atoms with Gasteiger partial charge in [0.05, 0.1) is 6.61 Å². The highest BCUT2D eigenvalue weighted by molar-refractivity contribution is 5.88. The van der Waals surface area contributed by atoms with E-state index in [4.69, 9.17) is 9.47 Å². The first-order chi connectivity index (χ1) is 15.4. The molecule has 1 amide bonds. The first kappa shape index (κ1) is 23.0. The van der Waals surface area contributed by atoms with Gasteiger partial charge in [-0.15, -0.1) is 0 Å². The van der Waals surface area contributed by atoms with Crippen molar-refractivity contribution in [2.75, 3.05) is 20.3 Å². The number of amides is 1. The van der Waals surface area contributed by atoms with Crippen LogP contribution < -0.4 is 4.74 Å². The minimum absolute atomic E-state index is 0.352. The molecule has 0 atom stereocenters. The van der Waals surface area contributed by atoms with Crippen LogP contribution >= 0.6 is 0 Å². The highest BCUT2D eigenvalue weighted by Gasteiger charge is 2.41. The van der Waals surface area contributed by atoms with Gasteiger partial charge in [-0.1, -0.05) is 72.8 Å². The molecule has 0 aromatic heterocycles. The van der Waals surface area contributed by atoms with Gasteiger partial charge in [0.25, 0.3) is 5.91 Å². The molecule has 0 radical (unpaired) electrons. The molecule has 0 heterocycles. The molecule has 0 aliphatic rings. The molecule has 6 nitrogen and oxygen atoms in total. The molecule has 3 aromatic carbocycles. The second-order valence-corrected chi connectivity index (χ2v) is 7.35. The van der Waals surface area contributed by atoms with Gasteiger partial charge in [-0.3, -0.25) is 4.79 Å². The first-order valence-corrected chi connectivity index (χ1v) is 10.4. The molecule has 3 rings (SSSR count). The number of aliphatic hydroxyl groups is 1. The van der Waals surface area contributed by atoms with Crippen molar-refractivity contribution in [2.45, 2.75) is 19.1 Å². The van der Waals surface area contributed by atoms with E-state index in [0.717, 1.165) is 11.3 Å². The second kappa shape index (κ2) is 10.6. The Morgan fingerprint density at radius 1 is 0.875 bits per heavy atom. The third-order valence-electron chi connectivity index (χ3n) is 5.09. The predicted molar refractivity (Wildman–Crippen MR) is 121 cm³/mol.